The van der Waals surface area contributed by atoms with Crippen molar-refractivity contribution in [2.45, 2.75) is 84.0 Å². The first-order chi connectivity index (χ1) is 17.6. The second-order valence-corrected chi connectivity index (χ2v) is 10.7. The second kappa shape index (κ2) is 13.0. The number of benzene rings is 1. The zero-order valence-electron chi connectivity index (χ0n) is 22.8. The molecule has 4 N–H and O–H groups in total. The van der Waals surface area contributed by atoms with Crippen LogP contribution >= 0.6 is 0 Å². The Morgan fingerprint density at radius 1 is 1.19 bits per heavy atom. The average molecular weight is 518 g/mol. The largest absolute Gasteiger partial charge is 0.485 e. The summed E-state index contributed by atoms with van der Waals surface area (Å²) in [6, 6.07) is 4.24. The quantitative estimate of drug-likeness (QED) is 0.441. The second-order valence-electron chi connectivity index (χ2n) is 10.7. The minimum atomic E-state index is -0.465. The lowest BCUT2D eigenvalue weighted by atomic mass is 9.96. The summed E-state index contributed by atoms with van der Waals surface area (Å²) < 4.78 is 6.45. The van der Waals surface area contributed by atoms with Gasteiger partial charge in [-0.15, -0.1) is 0 Å². The van der Waals surface area contributed by atoms with Gasteiger partial charge in [0, 0.05) is 31.6 Å². The number of likely N-dealkylation sites (N-methyl/N-ethyl adjacent to an activating group) is 1. The molecule has 10 nitrogen and oxygen atoms in total. The van der Waals surface area contributed by atoms with E-state index in [0.29, 0.717) is 17.8 Å². The van der Waals surface area contributed by atoms with Crippen LogP contribution in [0.2, 0.25) is 0 Å². The predicted molar refractivity (Wildman–Crippen MR) is 143 cm³/mol. The van der Waals surface area contributed by atoms with Gasteiger partial charge in [-0.25, -0.2) is 9.59 Å². The number of carbonyl (C=O) groups excluding carboxylic acids is 3. The Balaban J connectivity index is 1.91. The molecule has 1 fully saturated rings. The van der Waals surface area contributed by atoms with Gasteiger partial charge >= 0.3 is 12.1 Å². The first-order valence-corrected chi connectivity index (χ1v) is 13.4. The fourth-order valence-electron chi connectivity index (χ4n) is 4.86. The number of aliphatic hydroxyl groups is 1. The smallest absolute Gasteiger partial charge is 0.319 e. The molecule has 10 heteroatoms. The van der Waals surface area contributed by atoms with Crippen LogP contribution in [-0.2, 0) is 0 Å². The Hall–Kier alpha value is -3.01. The monoisotopic (exact) mass is 517 g/mol. The van der Waals surface area contributed by atoms with E-state index in [9.17, 15) is 19.5 Å². The van der Waals surface area contributed by atoms with Gasteiger partial charge in [-0.3, -0.25) is 4.79 Å². The number of hydrogen-bond acceptors (Lipinski definition) is 5. The van der Waals surface area contributed by atoms with Crippen molar-refractivity contribution in [3.8, 4) is 5.75 Å². The SMILES string of the molecule is CC(C)NC(=O)N(C)C[C@H]1Oc2c(NC(=O)NC3CCCCC3)cccc2C(=O)N([C@@H](C)CO)C[C@@H]1C. The number of hydrogen-bond donors (Lipinski definition) is 4. The summed E-state index contributed by atoms with van der Waals surface area (Å²) >= 11 is 0. The molecule has 3 atom stereocenters. The fourth-order valence-corrected chi connectivity index (χ4v) is 4.86. The van der Waals surface area contributed by atoms with Crippen LogP contribution in [0.1, 0.15) is 70.2 Å². The van der Waals surface area contributed by atoms with Crippen molar-refractivity contribution < 1.29 is 24.2 Å². The van der Waals surface area contributed by atoms with Gasteiger partial charge in [-0.1, -0.05) is 32.3 Å². The number of ether oxygens (including phenoxy) is 1. The lowest BCUT2D eigenvalue weighted by molar-refractivity contribution is 0.0368. The number of amides is 5. The molecule has 0 unspecified atom stereocenters. The van der Waals surface area contributed by atoms with Gasteiger partial charge in [0.05, 0.1) is 30.4 Å². The topological polar surface area (TPSA) is 123 Å². The Bertz CT molecular complexity index is 949. The Morgan fingerprint density at radius 3 is 2.54 bits per heavy atom. The molecule has 1 aromatic rings. The normalized spacial score (nSPS) is 21.3. The van der Waals surface area contributed by atoms with Crippen molar-refractivity contribution >= 4 is 23.7 Å². The van der Waals surface area contributed by atoms with Gasteiger partial charge in [-0.05, 0) is 45.7 Å². The van der Waals surface area contributed by atoms with E-state index in [1.807, 2.05) is 20.8 Å². The van der Waals surface area contributed by atoms with Crippen molar-refractivity contribution in [1.29, 1.82) is 0 Å². The van der Waals surface area contributed by atoms with Gasteiger partial charge in [-0.2, -0.15) is 0 Å². The van der Waals surface area contributed by atoms with Crippen LogP contribution in [0.15, 0.2) is 18.2 Å². The van der Waals surface area contributed by atoms with Crippen LogP contribution < -0.4 is 20.7 Å². The predicted octanol–water partition coefficient (Wildman–Crippen LogP) is 3.41. The molecule has 0 aromatic heterocycles. The minimum absolute atomic E-state index is 0.0108. The van der Waals surface area contributed by atoms with E-state index in [0.717, 1.165) is 25.7 Å². The third-order valence-corrected chi connectivity index (χ3v) is 7.09. The third-order valence-electron chi connectivity index (χ3n) is 7.09. The number of nitrogens with zero attached hydrogens (tertiary/aromatic N) is 2. The molecule has 1 aromatic carbocycles. The minimum Gasteiger partial charge on any atom is -0.485 e. The molecule has 0 saturated heterocycles. The van der Waals surface area contributed by atoms with Gasteiger partial charge in [0.25, 0.3) is 5.91 Å². The lowest BCUT2D eigenvalue weighted by Crippen LogP contribution is -2.51. The first kappa shape index (κ1) is 28.6. The Kier molecular flexibility index (Phi) is 10.0. The zero-order valence-corrected chi connectivity index (χ0v) is 22.8. The highest BCUT2D eigenvalue weighted by atomic mass is 16.5. The number of rotatable bonds is 7. The maximum absolute atomic E-state index is 13.6. The number of anilines is 1. The summed E-state index contributed by atoms with van der Waals surface area (Å²) in [6.45, 7) is 7.99. The lowest BCUT2D eigenvalue weighted by Gasteiger charge is -2.38. The number of para-hydroxylation sites is 1. The molecule has 1 heterocycles. The summed E-state index contributed by atoms with van der Waals surface area (Å²) in [5.41, 5.74) is 0.700. The number of nitrogens with one attached hydrogen (secondary N) is 3. The van der Waals surface area contributed by atoms with Gasteiger partial charge < -0.3 is 35.6 Å². The van der Waals surface area contributed by atoms with E-state index in [4.69, 9.17) is 4.74 Å². The molecule has 1 aliphatic heterocycles. The van der Waals surface area contributed by atoms with Gasteiger partial charge in [0.2, 0.25) is 0 Å². The van der Waals surface area contributed by atoms with Crippen molar-refractivity contribution in [3.63, 3.8) is 0 Å². The molecule has 5 amide bonds. The van der Waals surface area contributed by atoms with Crippen LogP contribution in [0.5, 0.6) is 5.75 Å². The summed E-state index contributed by atoms with van der Waals surface area (Å²) in [5.74, 6) is -0.163. The fraction of sp³-hybridized carbons (Fsp3) is 0.667. The van der Waals surface area contributed by atoms with Crippen molar-refractivity contribution in [1.82, 2.24) is 20.4 Å². The summed E-state index contributed by atoms with van der Waals surface area (Å²) in [5, 5.41) is 18.7. The zero-order chi connectivity index (χ0) is 27.1. The molecule has 0 radical (unpaired) electrons. The average Bonchev–Trinajstić information content (AvgIpc) is 2.86. The van der Waals surface area contributed by atoms with E-state index in [1.54, 1.807) is 42.0 Å². The van der Waals surface area contributed by atoms with Crippen molar-refractivity contribution in [2.75, 3.05) is 32.1 Å². The Morgan fingerprint density at radius 2 is 1.89 bits per heavy atom. The number of carbonyl (C=O) groups is 3. The highest BCUT2D eigenvalue weighted by Gasteiger charge is 2.35. The molecule has 37 heavy (non-hydrogen) atoms. The van der Waals surface area contributed by atoms with Crippen molar-refractivity contribution in [3.05, 3.63) is 23.8 Å². The number of aliphatic hydroxyl groups excluding tert-OH is 1. The highest BCUT2D eigenvalue weighted by Crippen LogP contribution is 2.35. The molecule has 3 rings (SSSR count). The number of fused-ring (bicyclic) bond motifs is 1. The van der Waals surface area contributed by atoms with E-state index in [1.165, 1.54) is 6.42 Å². The van der Waals surface area contributed by atoms with E-state index < -0.39 is 12.1 Å². The molecule has 2 aliphatic rings. The molecule has 0 spiro atoms. The Labute approximate surface area is 220 Å². The molecule has 1 saturated carbocycles. The summed E-state index contributed by atoms with van der Waals surface area (Å²) in [4.78, 5) is 42.3. The molecular formula is C27H43N5O5. The van der Waals surface area contributed by atoms with Crippen LogP contribution in [0.4, 0.5) is 15.3 Å². The first-order valence-electron chi connectivity index (χ1n) is 13.4. The highest BCUT2D eigenvalue weighted by molar-refractivity contribution is 6.01. The summed E-state index contributed by atoms with van der Waals surface area (Å²) in [7, 11) is 1.70. The standard InChI is InChI=1S/C27H43N5O5/c1-17(2)28-27(36)31(5)15-23-18(3)14-32(19(4)16-33)25(34)21-12-9-13-22(24(21)37-23)30-26(35)29-20-10-7-6-8-11-20/h9,12-13,17-20,23,33H,6-8,10-11,14-16H2,1-5H3,(H,28,36)(H2,29,30,35)/t18-,19-,23+/m0/s1. The van der Waals surface area contributed by atoms with Crippen molar-refractivity contribution in [2.24, 2.45) is 5.92 Å². The van der Waals surface area contributed by atoms with E-state index >= 15 is 0 Å². The van der Waals surface area contributed by atoms with Gasteiger partial charge in [0.1, 0.15) is 6.10 Å². The van der Waals surface area contributed by atoms with E-state index in [-0.39, 0.29) is 54.9 Å². The van der Waals surface area contributed by atoms with Crippen LogP contribution in [0.3, 0.4) is 0 Å². The molecule has 1 aliphatic carbocycles. The molecular weight excluding hydrogens is 474 g/mol. The molecule has 206 valence electrons. The van der Waals surface area contributed by atoms with Crippen LogP contribution in [0, 0.1) is 5.92 Å². The van der Waals surface area contributed by atoms with Crippen LogP contribution in [0.25, 0.3) is 0 Å². The van der Waals surface area contributed by atoms with E-state index in [2.05, 4.69) is 16.0 Å². The third kappa shape index (κ3) is 7.50. The maximum Gasteiger partial charge on any atom is 0.319 e. The summed E-state index contributed by atoms with van der Waals surface area (Å²) in [6.07, 6.45) is 4.82. The van der Waals surface area contributed by atoms with Crippen LogP contribution in [-0.4, -0.2) is 83.8 Å². The number of urea groups is 2. The van der Waals surface area contributed by atoms with Gasteiger partial charge in [0.15, 0.2) is 5.75 Å². The maximum atomic E-state index is 13.6. The molecule has 0 bridgehead atoms.